The predicted molar refractivity (Wildman–Crippen MR) is 73.0 cm³/mol. The van der Waals surface area contributed by atoms with Crippen molar-refractivity contribution in [1.29, 1.82) is 0 Å². The van der Waals surface area contributed by atoms with Gasteiger partial charge in [0.2, 0.25) is 0 Å². The number of rotatable bonds is 4. The Kier molecular flexibility index (Phi) is 3.59. The van der Waals surface area contributed by atoms with Gasteiger partial charge in [0.1, 0.15) is 0 Å². The maximum Gasteiger partial charge on any atom is 0.152 e. The van der Waals surface area contributed by atoms with Gasteiger partial charge < -0.3 is 4.90 Å². The Bertz CT molecular complexity index is 505. The van der Waals surface area contributed by atoms with Crippen LogP contribution in [-0.2, 0) is 6.54 Å². The number of nitrogens with zero attached hydrogens (tertiary/aromatic N) is 1. The first-order valence-electron chi connectivity index (χ1n) is 5.50. The number of hydrogen-bond donors (Lipinski definition) is 0. The lowest BCUT2D eigenvalue weighted by Crippen LogP contribution is -2.17. The third kappa shape index (κ3) is 2.74. The Morgan fingerprint density at radius 1 is 1.35 bits per heavy atom. The van der Waals surface area contributed by atoms with Crippen LogP contribution in [0.5, 0.6) is 0 Å². The monoisotopic (exact) mass is 245 g/mol. The van der Waals surface area contributed by atoms with E-state index in [0.717, 1.165) is 29.6 Å². The average Bonchev–Trinajstić information content (AvgIpc) is 2.81. The molecule has 0 aliphatic rings. The fraction of sp³-hybridized carbons (Fsp3) is 0.214. The molecular weight excluding hydrogens is 230 g/mol. The number of carbonyl (C=O) groups excluding carboxylic acids is 1. The summed E-state index contributed by atoms with van der Waals surface area (Å²) in [7, 11) is 2.01. The number of thiophene rings is 1. The van der Waals surface area contributed by atoms with Gasteiger partial charge in [-0.2, -0.15) is 0 Å². The summed E-state index contributed by atoms with van der Waals surface area (Å²) in [4.78, 5) is 14.5. The van der Waals surface area contributed by atoms with Gasteiger partial charge in [-0.3, -0.25) is 4.79 Å². The molecule has 3 heteroatoms. The average molecular weight is 245 g/mol. The zero-order valence-electron chi connectivity index (χ0n) is 10.0. The highest BCUT2D eigenvalue weighted by atomic mass is 32.1. The van der Waals surface area contributed by atoms with Crippen molar-refractivity contribution in [1.82, 2.24) is 0 Å². The molecule has 0 saturated carbocycles. The first-order valence-corrected chi connectivity index (χ1v) is 6.38. The summed E-state index contributed by atoms with van der Waals surface area (Å²) in [5.41, 5.74) is 2.85. The van der Waals surface area contributed by atoms with Gasteiger partial charge in [-0.1, -0.05) is 17.7 Å². The summed E-state index contributed by atoms with van der Waals surface area (Å²) in [6.07, 6.45) is 0.924. The second-order valence-corrected chi connectivity index (χ2v) is 5.15. The second-order valence-electron chi connectivity index (χ2n) is 4.12. The van der Waals surface area contributed by atoms with Crippen LogP contribution >= 0.6 is 11.3 Å². The maximum absolute atomic E-state index is 11.1. The minimum Gasteiger partial charge on any atom is -0.369 e. The van der Waals surface area contributed by atoms with Gasteiger partial charge in [-0.25, -0.2) is 0 Å². The van der Waals surface area contributed by atoms with Crippen LogP contribution in [0.15, 0.2) is 35.7 Å². The fourth-order valence-electron chi connectivity index (χ4n) is 1.84. The molecule has 1 aromatic carbocycles. The molecule has 88 valence electrons. The Hall–Kier alpha value is -1.61. The normalized spacial score (nSPS) is 10.2. The number of anilines is 1. The van der Waals surface area contributed by atoms with Crippen LogP contribution in [0.3, 0.4) is 0 Å². The van der Waals surface area contributed by atoms with Crippen LogP contribution in [0.2, 0.25) is 0 Å². The maximum atomic E-state index is 11.1. The van der Waals surface area contributed by atoms with Gasteiger partial charge in [0, 0.05) is 23.2 Å². The molecule has 0 aliphatic carbocycles. The summed E-state index contributed by atoms with van der Waals surface area (Å²) < 4.78 is 0. The number of aryl methyl sites for hydroxylation is 1. The van der Waals surface area contributed by atoms with Gasteiger partial charge in [0.15, 0.2) is 6.29 Å². The van der Waals surface area contributed by atoms with E-state index in [9.17, 15) is 4.79 Å². The van der Waals surface area contributed by atoms with E-state index < -0.39 is 0 Å². The third-order valence-electron chi connectivity index (χ3n) is 2.69. The summed E-state index contributed by atoms with van der Waals surface area (Å²) >= 11 is 1.73. The minimum atomic E-state index is 0.754. The molecule has 0 atom stereocenters. The highest BCUT2D eigenvalue weighted by molar-refractivity contribution is 7.09. The van der Waals surface area contributed by atoms with Gasteiger partial charge in [0.05, 0.1) is 6.54 Å². The summed E-state index contributed by atoms with van der Waals surface area (Å²) in [6, 6.07) is 10.1. The minimum absolute atomic E-state index is 0.754. The molecule has 2 nitrogen and oxygen atoms in total. The Morgan fingerprint density at radius 3 is 2.82 bits per heavy atom. The molecule has 0 aliphatic heterocycles. The van der Waals surface area contributed by atoms with E-state index in [-0.39, 0.29) is 0 Å². The van der Waals surface area contributed by atoms with Crippen LogP contribution in [-0.4, -0.2) is 13.3 Å². The highest BCUT2D eigenvalue weighted by Gasteiger charge is 2.08. The van der Waals surface area contributed by atoms with E-state index in [4.69, 9.17) is 0 Å². The number of carbonyl (C=O) groups is 1. The SMILES string of the molecule is Cc1ccc(N(C)Cc2cccs2)c(C=O)c1. The first-order chi connectivity index (χ1) is 8.20. The molecule has 17 heavy (non-hydrogen) atoms. The van der Waals surface area contributed by atoms with Crippen molar-refractivity contribution in [2.45, 2.75) is 13.5 Å². The number of hydrogen-bond acceptors (Lipinski definition) is 3. The van der Waals surface area contributed by atoms with E-state index in [0.29, 0.717) is 0 Å². The second kappa shape index (κ2) is 5.15. The van der Waals surface area contributed by atoms with Gasteiger partial charge in [-0.05, 0) is 30.5 Å². The van der Waals surface area contributed by atoms with E-state index in [2.05, 4.69) is 16.3 Å². The van der Waals surface area contributed by atoms with Crippen LogP contribution in [0.1, 0.15) is 20.8 Å². The molecule has 0 bridgehead atoms. The molecule has 1 aromatic heterocycles. The molecule has 0 unspecified atom stereocenters. The zero-order chi connectivity index (χ0) is 12.3. The molecule has 2 rings (SSSR count). The molecule has 0 saturated heterocycles. The Labute approximate surface area is 106 Å². The molecule has 0 fully saturated rings. The number of benzene rings is 1. The predicted octanol–water partition coefficient (Wildman–Crippen LogP) is 3.51. The van der Waals surface area contributed by atoms with E-state index in [1.807, 2.05) is 38.2 Å². The van der Waals surface area contributed by atoms with Crippen molar-refractivity contribution in [3.8, 4) is 0 Å². The van der Waals surface area contributed by atoms with Crippen molar-refractivity contribution in [2.75, 3.05) is 11.9 Å². The van der Waals surface area contributed by atoms with Crippen molar-refractivity contribution in [3.63, 3.8) is 0 Å². The van der Waals surface area contributed by atoms with Crippen molar-refractivity contribution in [3.05, 3.63) is 51.7 Å². The van der Waals surface area contributed by atoms with E-state index in [1.165, 1.54) is 4.88 Å². The summed E-state index contributed by atoms with van der Waals surface area (Å²) in [5, 5.41) is 2.07. The van der Waals surface area contributed by atoms with Crippen LogP contribution in [0.4, 0.5) is 5.69 Å². The molecule has 0 spiro atoms. The van der Waals surface area contributed by atoms with E-state index in [1.54, 1.807) is 11.3 Å². The first kappa shape index (κ1) is 11.9. The third-order valence-corrected chi connectivity index (χ3v) is 3.56. The molecule has 0 radical (unpaired) electrons. The lowest BCUT2D eigenvalue weighted by atomic mass is 10.1. The summed E-state index contributed by atoms with van der Waals surface area (Å²) in [5.74, 6) is 0. The smallest absolute Gasteiger partial charge is 0.152 e. The van der Waals surface area contributed by atoms with Crippen LogP contribution in [0, 0.1) is 6.92 Å². The molecule has 0 amide bonds. The molecular formula is C14H15NOS. The van der Waals surface area contributed by atoms with Crippen LogP contribution < -0.4 is 4.90 Å². The standard InChI is InChI=1S/C14H15NOS/c1-11-5-6-14(12(8-11)10-16)15(2)9-13-4-3-7-17-13/h3-8,10H,9H2,1-2H3. The van der Waals surface area contributed by atoms with Gasteiger partial charge >= 0.3 is 0 Å². The molecule has 1 heterocycles. The quantitative estimate of drug-likeness (QED) is 0.768. The number of aldehydes is 1. The van der Waals surface area contributed by atoms with Crippen LogP contribution in [0.25, 0.3) is 0 Å². The molecule has 2 aromatic rings. The zero-order valence-corrected chi connectivity index (χ0v) is 10.8. The highest BCUT2D eigenvalue weighted by Crippen LogP contribution is 2.22. The largest absolute Gasteiger partial charge is 0.369 e. The lowest BCUT2D eigenvalue weighted by molar-refractivity contribution is 0.112. The van der Waals surface area contributed by atoms with Gasteiger partial charge in [-0.15, -0.1) is 11.3 Å². The van der Waals surface area contributed by atoms with Crippen molar-refractivity contribution >= 4 is 23.3 Å². The van der Waals surface area contributed by atoms with Crippen molar-refractivity contribution < 1.29 is 4.79 Å². The summed E-state index contributed by atoms with van der Waals surface area (Å²) in [6.45, 7) is 2.83. The Balaban J connectivity index is 2.24. The van der Waals surface area contributed by atoms with Crippen molar-refractivity contribution in [2.24, 2.45) is 0 Å². The Morgan fingerprint density at radius 2 is 2.18 bits per heavy atom. The fourth-order valence-corrected chi connectivity index (χ4v) is 2.59. The topological polar surface area (TPSA) is 20.3 Å². The van der Waals surface area contributed by atoms with Gasteiger partial charge in [0.25, 0.3) is 0 Å². The molecule has 0 N–H and O–H groups in total. The lowest BCUT2D eigenvalue weighted by Gasteiger charge is -2.20. The van der Waals surface area contributed by atoms with E-state index >= 15 is 0 Å².